The molecule has 29 heavy (non-hydrogen) atoms. The van der Waals surface area contributed by atoms with Gasteiger partial charge in [0.05, 0.1) is 11.2 Å². The summed E-state index contributed by atoms with van der Waals surface area (Å²) in [6, 6.07) is 14.9. The zero-order valence-electron chi connectivity index (χ0n) is 19.2. The van der Waals surface area contributed by atoms with Gasteiger partial charge in [0.2, 0.25) is 0 Å². The van der Waals surface area contributed by atoms with Gasteiger partial charge in [0.1, 0.15) is 12.4 Å². The lowest BCUT2D eigenvalue weighted by atomic mass is 9.79. The largest absolute Gasteiger partial charge is 0.494 e. The molecule has 1 fully saturated rings. The molecule has 1 aliphatic heterocycles. The molecule has 4 heteroatoms. The Balaban J connectivity index is 1.74. The van der Waals surface area contributed by atoms with Gasteiger partial charge in [-0.1, -0.05) is 70.2 Å². The Labute approximate surface area is 176 Å². The Morgan fingerprint density at radius 1 is 0.793 bits per heavy atom. The van der Waals surface area contributed by atoms with Crippen molar-refractivity contribution in [3.05, 3.63) is 59.2 Å². The van der Waals surface area contributed by atoms with Crippen LogP contribution in [0, 0.1) is 0 Å². The molecule has 0 radical (unpaired) electrons. The van der Waals surface area contributed by atoms with Crippen molar-refractivity contribution in [2.24, 2.45) is 0 Å². The van der Waals surface area contributed by atoms with Crippen molar-refractivity contribution in [1.82, 2.24) is 0 Å². The first kappa shape index (κ1) is 21.9. The van der Waals surface area contributed by atoms with Gasteiger partial charge in [0.15, 0.2) is 0 Å². The fraction of sp³-hybridized carbons (Fsp3) is 0.520. The SMILES string of the molecule is CC(C)c1cccc(C(C)C)c1OCc1ccc(B2OC(C)(C)C(C)(C)O2)cc1. The van der Waals surface area contributed by atoms with Crippen LogP contribution < -0.4 is 10.2 Å². The van der Waals surface area contributed by atoms with Crippen LogP contribution in [0.5, 0.6) is 5.75 Å². The Bertz CT molecular complexity index is 795. The first-order valence-corrected chi connectivity index (χ1v) is 10.7. The molecule has 2 aromatic rings. The van der Waals surface area contributed by atoms with E-state index in [9.17, 15) is 0 Å². The average Bonchev–Trinajstić information content (AvgIpc) is 2.87. The zero-order valence-corrected chi connectivity index (χ0v) is 19.2. The van der Waals surface area contributed by atoms with Gasteiger partial charge >= 0.3 is 7.12 Å². The van der Waals surface area contributed by atoms with Crippen LogP contribution in [-0.2, 0) is 15.9 Å². The van der Waals surface area contributed by atoms with Gasteiger partial charge in [0, 0.05) is 0 Å². The lowest BCUT2D eigenvalue weighted by Gasteiger charge is -2.32. The zero-order chi connectivity index (χ0) is 21.4. The van der Waals surface area contributed by atoms with Gasteiger partial charge in [0.25, 0.3) is 0 Å². The van der Waals surface area contributed by atoms with E-state index in [4.69, 9.17) is 14.0 Å². The third-order valence-electron chi connectivity index (χ3n) is 6.21. The van der Waals surface area contributed by atoms with Crippen LogP contribution in [0.3, 0.4) is 0 Å². The monoisotopic (exact) mass is 394 g/mol. The maximum absolute atomic E-state index is 6.35. The fourth-order valence-electron chi connectivity index (χ4n) is 3.56. The summed E-state index contributed by atoms with van der Waals surface area (Å²) in [6.07, 6.45) is 0. The summed E-state index contributed by atoms with van der Waals surface area (Å²) in [5, 5.41) is 0. The highest BCUT2D eigenvalue weighted by Crippen LogP contribution is 2.37. The van der Waals surface area contributed by atoms with Gasteiger partial charge in [-0.3, -0.25) is 0 Å². The standard InChI is InChI=1S/C25H35BO3/c1-17(2)21-10-9-11-22(18(3)4)23(21)27-16-19-12-14-20(15-13-19)26-28-24(5,6)25(7,8)29-26/h9-15,17-18H,16H2,1-8H3. The van der Waals surface area contributed by atoms with Crippen molar-refractivity contribution in [2.45, 2.75) is 85.0 Å². The summed E-state index contributed by atoms with van der Waals surface area (Å²) in [5.74, 6) is 1.89. The molecule has 0 amide bonds. The molecule has 1 aliphatic rings. The molecule has 0 atom stereocenters. The molecule has 0 N–H and O–H groups in total. The van der Waals surface area contributed by atoms with Crippen LogP contribution >= 0.6 is 0 Å². The first-order chi connectivity index (χ1) is 13.5. The third-order valence-corrected chi connectivity index (χ3v) is 6.21. The van der Waals surface area contributed by atoms with E-state index in [-0.39, 0.29) is 18.3 Å². The molecule has 3 rings (SSSR count). The smallest absolute Gasteiger partial charge is 0.488 e. The molecule has 0 spiro atoms. The Hall–Kier alpha value is -1.78. The summed E-state index contributed by atoms with van der Waals surface area (Å²) in [4.78, 5) is 0. The van der Waals surface area contributed by atoms with Crippen LogP contribution in [0.15, 0.2) is 42.5 Å². The molecule has 0 saturated carbocycles. The molecule has 0 aliphatic carbocycles. The van der Waals surface area contributed by atoms with Crippen LogP contribution in [0.1, 0.15) is 83.9 Å². The lowest BCUT2D eigenvalue weighted by Crippen LogP contribution is -2.41. The maximum atomic E-state index is 6.35. The molecule has 3 nitrogen and oxygen atoms in total. The summed E-state index contributed by atoms with van der Waals surface area (Å²) in [6.45, 7) is 17.7. The molecule has 156 valence electrons. The van der Waals surface area contributed by atoms with Crippen molar-refractivity contribution in [1.29, 1.82) is 0 Å². The topological polar surface area (TPSA) is 27.7 Å². The van der Waals surface area contributed by atoms with E-state index in [0.717, 1.165) is 16.8 Å². The van der Waals surface area contributed by atoms with E-state index in [1.54, 1.807) is 0 Å². The van der Waals surface area contributed by atoms with Gasteiger partial charge < -0.3 is 14.0 Å². The summed E-state index contributed by atoms with van der Waals surface area (Å²) >= 11 is 0. The van der Waals surface area contributed by atoms with Gasteiger partial charge in [-0.05, 0) is 61.7 Å². The molecule has 0 unspecified atom stereocenters. The van der Waals surface area contributed by atoms with E-state index < -0.39 is 0 Å². The highest BCUT2D eigenvalue weighted by atomic mass is 16.7. The van der Waals surface area contributed by atoms with Crippen molar-refractivity contribution in [2.75, 3.05) is 0 Å². The van der Waals surface area contributed by atoms with Crippen molar-refractivity contribution < 1.29 is 14.0 Å². The maximum Gasteiger partial charge on any atom is 0.494 e. The predicted octanol–water partition coefficient (Wildman–Crippen LogP) is 5.81. The average molecular weight is 394 g/mol. The molecular formula is C25H35BO3. The summed E-state index contributed by atoms with van der Waals surface area (Å²) in [5.41, 5.74) is 4.06. The molecule has 1 saturated heterocycles. The van der Waals surface area contributed by atoms with Gasteiger partial charge in [-0.15, -0.1) is 0 Å². The highest BCUT2D eigenvalue weighted by Gasteiger charge is 2.51. The quantitative estimate of drug-likeness (QED) is 0.579. The summed E-state index contributed by atoms with van der Waals surface area (Å²) < 4.78 is 18.6. The Kier molecular flexibility index (Phi) is 6.17. The second-order valence-electron chi connectivity index (χ2n) is 9.69. The molecular weight excluding hydrogens is 359 g/mol. The Morgan fingerprint density at radius 2 is 1.28 bits per heavy atom. The van der Waals surface area contributed by atoms with Crippen molar-refractivity contribution >= 4 is 12.6 Å². The highest BCUT2D eigenvalue weighted by molar-refractivity contribution is 6.62. The number of rotatable bonds is 6. The minimum Gasteiger partial charge on any atom is -0.488 e. The normalized spacial score (nSPS) is 17.9. The number of benzene rings is 2. The van der Waals surface area contributed by atoms with E-state index in [2.05, 4.69) is 97.9 Å². The molecule has 1 heterocycles. The van der Waals surface area contributed by atoms with Crippen LogP contribution in [-0.4, -0.2) is 18.3 Å². The lowest BCUT2D eigenvalue weighted by molar-refractivity contribution is 0.00578. The van der Waals surface area contributed by atoms with Crippen molar-refractivity contribution in [3.8, 4) is 5.75 Å². The Morgan fingerprint density at radius 3 is 1.72 bits per heavy atom. The summed E-state index contributed by atoms with van der Waals surface area (Å²) in [7, 11) is -0.329. The number of hydrogen-bond donors (Lipinski definition) is 0. The van der Waals surface area contributed by atoms with E-state index in [1.165, 1.54) is 11.1 Å². The van der Waals surface area contributed by atoms with Crippen LogP contribution in [0.2, 0.25) is 0 Å². The fourth-order valence-corrected chi connectivity index (χ4v) is 3.56. The minimum absolute atomic E-state index is 0.326. The third kappa shape index (κ3) is 4.54. The van der Waals surface area contributed by atoms with E-state index >= 15 is 0 Å². The predicted molar refractivity (Wildman–Crippen MR) is 121 cm³/mol. The molecule has 0 bridgehead atoms. The first-order valence-electron chi connectivity index (χ1n) is 10.7. The van der Waals surface area contributed by atoms with Gasteiger partial charge in [-0.2, -0.15) is 0 Å². The van der Waals surface area contributed by atoms with Crippen LogP contribution in [0.25, 0.3) is 0 Å². The molecule has 2 aromatic carbocycles. The second-order valence-corrected chi connectivity index (χ2v) is 9.69. The van der Waals surface area contributed by atoms with Crippen LogP contribution in [0.4, 0.5) is 0 Å². The number of hydrogen-bond acceptors (Lipinski definition) is 3. The van der Waals surface area contributed by atoms with E-state index in [0.29, 0.717) is 18.4 Å². The number of para-hydroxylation sites is 1. The second kappa shape index (κ2) is 8.16. The molecule has 0 aromatic heterocycles. The van der Waals surface area contributed by atoms with E-state index in [1.807, 2.05) is 0 Å². The number of ether oxygens (including phenoxy) is 1. The van der Waals surface area contributed by atoms with Crippen molar-refractivity contribution in [3.63, 3.8) is 0 Å². The minimum atomic E-state index is -0.329. The van der Waals surface area contributed by atoms with Gasteiger partial charge in [-0.25, -0.2) is 0 Å².